The number of hydrogen-bond acceptors (Lipinski definition) is 5. The molecule has 0 fully saturated rings. The van der Waals surface area contributed by atoms with Crippen LogP contribution in [0, 0.1) is 17.0 Å². The number of hydrogen-bond donors (Lipinski definition) is 1. The number of carbonyl (C=O) groups is 2. The highest BCUT2D eigenvalue weighted by Crippen LogP contribution is 2.25. The van der Waals surface area contributed by atoms with Crippen molar-refractivity contribution >= 4 is 29.2 Å². The van der Waals surface area contributed by atoms with Crippen molar-refractivity contribution in [1.29, 1.82) is 0 Å². The standard InChI is InChI=1S/C17H15ClN2O5/c1-11-4-2-3-5-13(11)9-19-16(21)10-25-17(22)12-6-7-14(18)15(8-12)20(23)24/h2-8H,9-10H2,1H3,(H,19,21). The van der Waals surface area contributed by atoms with E-state index in [9.17, 15) is 19.7 Å². The number of halogens is 1. The molecule has 2 aromatic rings. The van der Waals surface area contributed by atoms with Crippen molar-refractivity contribution in [2.24, 2.45) is 0 Å². The SMILES string of the molecule is Cc1ccccc1CNC(=O)COC(=O)c1ccc(Cl)c([N+](=O)[O-])c1. The van der Waals surface area contributed by atoms with Crippen LogP contribution >= 0.6 is 11.6 Å². The molecular formula is C17H15ClN2O5. The normalized spacial score (nSPS) is 10.2. The summed E-state index contributed by atoms with van der Waals surface area (Å²) in [5, 5.41) is 13.4. The molecule has 0 saturated heterocycles. The summed E-state index contributed by atoms with van der Waals surface area (Å²) < 4.78 is 4.87. The van der Waals surface area contributed by atoms with E-state index in [2.05, 4.69) is 5.32 Å². The molecular weight excluding hydrogens is 348 g/mol. The van der Waals surface area contributed by atoms with E-state index in [4.69, 9.17) is 16.3 Å². The van der Waals surface area contributed by atoms with Crippen LogP contribution in [0.2, 0.25) is 5.02 Å². The minimum Gasteiger partial charge on any atom is -0.452 e. The molecule has 0 spiro atoms. The summed E-state index contributed by atoms with van der Waals surface area (Å²) in [6.45, 7) is 1.76. The van der Waals surface area contributed by atoms with Crippen LogP contribution in [0.5, 0.6) is 0 Å². The molecule has 0 aromatic heterocycles. The van der Waals surface area contributed by atoms with Gasteiger partial charge in [0, 0.05) is 12.6 Å². The van der Waals surface area contributed by atoms with Crippen LogP contribution in [-0.4, -0.2) is 23.4 Å². The van der Waals surface area contributed by atoms with Crippen LogP contribution in [0.1, 0.15) is 21.5 Å². The topological polar surface area (TPSA) is 98.5 Å². The Morgan fingerprint density at radius 3 is 2.64 bits per heavy atom. The molecule has 1 amide bonds. The van der Waals surface area contributed by atoms with Crippen molar-refractivity contribution in [3.05, 3.63) is 74.3 Å². The van der Waals surface area contributed by atoms with Gasteiger partial charge in [0.1, 0.15) is 5.02 Å². The number of nitro benzene ring substituents is 1. The average Bonchev–Trinajstić information content (AvgIpc) is 2.59. The van der Waals surface area contributed by atoms with E-state index in [0.717, 1.165) is 17.2 Å². The van der Waals surface area contributed by atoms with Crippen molar-refractivity contribution < 1.29 is 19.2 Å². The zero-order valence-electron chi connectivity index (χ0n) is 13.3. The van der Waals surface area contributed by atoms with Gasteiger partial charge in [-0.05, 0) is 30.2 Å². The number of ether oxygens (including phenoxy) is 1. The Labute approximate surface area is 148 Å². The van der Waals surface area contributed by atoms with Crippen LogP contribution in [0.15, 0.2) is 42.5 Å². The molecule has 25 heavy (non-hydrogen) atoms. The van der Waals surface area contributed by atoms with Gasteiger partial charge in [-0.15, -0.1) is 0 Å². The van der Waals surface area contributed by atoms with Crippen LogP contribution in [-0.2, 0) is 16.1 Å². The molecule has 0 saturated carbocycles. The zero-order chi connectivity index (χ0) is 18.4. The third-order valence-electron chi connectivity index (χ3n) is 3.45. The van der Waals surface area contributed by atoms with Gasteiger partial charge in [-0.2, -0.15) is 0 Å². The van der Waals surface area contributed by atoms with Gasteiger partial charge in [0.2, 0.25) is 0 Å². The first-order valence-corrected chi connectivity index (χ1v) is 7.68. The van der Waals surface area contributed by atoms with E-state index in [1.54, 1.807) is 0 Å². The molecule has 0 aliphatic rings. The fraction of sp³-hybridized carbons (Fsp3) is 0.176. The minimum atomic E-state index is -0.842. The van der Waals surface area contributed by atoms with Gasteiger partial charge in [-0.1, -0.05) is 35.9 Å². The van der Waals surface area contributed by atoms with Crippen molar-refractivity contribution in [2.45, 2.75) is 13.5 Å². The first-order chi connectivity index (χ1) is 11.9. The van der Waals surface area contributed by atoms with Gasteiger partial charge in [-0.25, -0.2) is 4.79 Å². The summed E-state index contributed by atoms with van der Waals surface area (Å²) in [7, 11) is 0. The first-order valence-electron chi connectivity index (χ1n) is 7.30. The molecule has 8 heteroatoms. The van der Waals surface area contributed by atoms with Crippen molar-refractivity contribution in [3.8, 4) is 0 Å². The molecule has 0 atom stereocenters. The summed E-state index contributed by atoms with van der Waals surface area (Å²) in [5.74, 6) is -1.31. The lowest BCUT2D eigenvalue weighted by atomic mass is 10.1. The number of nitro groups is 1. The van der Waals surface area contributed by atoms with Gasteiger partial charge in [-0.3, -0.25) is 14.9 Å². The summed E-state index contributed by atoms with van der Waals surface area (Å²) in [5.41, 5.74) is 1.53. The Morgan fingerprint density at radius 2 is 1.96 bits per heavy atom. The van der Waals surface area contributed by atoms with Crippen LogP contribution in [0.4, 0.5) is 5.69 Å². The van der Waals surface area contributed by atoms with Gasteiger partial charge in [0.25, 0.3) is 11.6 Å². The number of benzene rings is 2. The lowest BCUT2D eigenvalue weighted by Crippen LogP contribution is -2.28. The first kappa shape index (κ1) is 18.4. The van der Waals surface area contributed by atoms with E-state index in [1.807, 2.05) is 31.2 Å². The highest BCUT2D eigenvalue weighted by molar-refractivity contribution is 6.32. The maximum atomic E-state index is 11.9. The van der Waals surface area contributed by atoms with E-state index in [0.29, 0.717) is 6.54 Å². The Hall–Kier alpha value is -2.93. The largest absolute Gasteiger partial charge is 0.452 e. The van der Waals surface area contributed by atoms with Gasteiger partial charge >= 0.3 is 5.97 Å². The third-order valence-corrected chi connectivity index (χ3v) is 3.77. The molecule has 1 N–H and O–H groups in total. The maximum absolute atomic E-state index is 11.9. The van der Waals surface area contributed by atoms with Gasteiger partial charge in [0.15, 0.2) is 6.61 Å². The van der Waals surface area contributed by atoms with E-state index in [-0.39, 0.29) is 10.6 Å². The number of aryl methyl sites for hydroxylation is 1. The number of amides is 1. The molecule has 7 nitrogen and oxygen atoms in total. The van der Waals surface area contributed by atoms with E-state index < -0.39 is 29.1 Å². The fourth-order valence-corrected chi connectivity index (χ4v) is 2.23. The summed E-state index contributed by atoms with van der Waals surface area (Å²) >= 11 is 5.68. The van der Waals surface area contributed by atoms with E-state index >= 15 is 0 Å². The average molecular weight is 363 g/mol. The molecule has 0 aliphatic heterocycles. The Bertz CT molecular complexity index is 822. The molecule has 2 rings (SSSR count). The summed E-state index contributed by atoms with van der Waals surface area (Å²) in [6, 6.07) is 11.1. The number of nitrogens with zero attached hydrogens (tertiary/aromatic N) is 1. The summed E-state index contributed by atoms with van der Waals surface area (Å²) in [6.07, 6.45) is 0. The lowest BCUT2D eigenvalue weighted by Gasteiger charge is -2.08. The smallest absolute Gasteiger partial charge is 0.338 e. The molecule has 0 aliphatic carbocycles. The van der Waals surface area contributed by atoms with Gasteiger partial charge < -0.3 is 10.1 Å². The van der Waals surface area contributed by atoms with Crippen LogP contribution < -0.4 is 5.32 Å². The monoisotopic (exact) mass is 362 g/mol. The highest BCUT2D eigenvalue weighted by atomic mass is 35.5. The highest BCUT2D eigenvalue weighted by Gasteiger charge is 2.17. The number of rotatable bonds is 6. The molecule has 0 bridgehead atoms. The molecule has 0 heterocycles. The second-order valence-electron chi connectivity index (χ2n) is 5.20. The van der Waals surface area contributed by atoms with E-state index in [1.165, 1.54) is 12.1 Å². The third kappa shape index (κ3) is 5.02. The number of nitrogens with one attached hydrogen (secondary N) is 1. The summed E-state index contributed by atoms with van der Waals surface area (Å²) in [4.78, 5) is 33.8. The molecule has 130 valence electrons. The lowest BCUT2D eigenvalue weighted by molar-refractivity contribution is -0.384. The van der Waals surface area contributed by atoms with Crippen molar-refractivity contribution in [2.75, 3.05) is 6.61 Å². The van der Waals surface area contributed by atoms with Crippen LogP contribution in [0.3, 0.4) is 0 Å². The zero-order valence-corrected chi connectivity index (χ0v) is 14.1. The van der Waals surface area contributed by atoms with Gasteiger partial charge in [0.05, 0.1) is 10.5 Å². The Kier molecular flexibility index (Phi) is 6.08. The van der Waals surface area contributed by atoms with Crippen LogP contribution in [0.25, 0.3) is 0 Å². The Morgan fingerprint density at radius 1 is 1.24 bits per heavy atom. The number of esters is 1. The fourth-order valence-electron chi connectivity index (χ4n) is 2.05. The maximum Gasteiger partial charge on any atom is 0.338 e. The van der Waals surface area contributed by atoms with Crippen molar-refractivity contribution in [3.63, 3.8) is 0 Å². The molecule has 0 radical (unpaired) electrons. The predicted octanol–water partition coefficient (Wildman–Crippen LogP) is 3.03. The van der Waals surface area contributed by atoms with Crippen molar-refractivity contribution in [1.82, 2.24) is 5.32 Å². The number of carbonyl (C=O) groups excluding carboxylic acids is 2. The minimum absolute atomic E-state index is 0.0530. The second kappa shape index (κ2) is 8.25. The quantitative estimate of drug-likeness (QED) is 0.483. The predicted molar refractivity (Wildman–Crippen MR) is 91.4 cm³/mol. The Balaban J connectivity index is 1.89. The molecule has 2 aromatic carbocycles. The molecule has 0 unspecified atom stereocenters. The second-order valence-corrected chi connectivity index (χ2v) is 5.61.